The molecule has 5 nitrogen and oxygen atoms in total. The van der Waals surface area contributed by atoms with Crippen LogP contribution >= 0.6 is 0 Å². The Labute approximate surface area is 144 Å². The topological polar surface area (TPSA) is 64.8 Å². The highest BCUT2D eigenvalue weighted by atomic mass is 16.5. The molecule has 0 radical (unpaired) electrons. The van der Waals surface area contributed by atoms with Gasteiger partial charge in [-0.05, 0) is 43.6 Å². The highest BCUT2D eigenvalue weighted by Crippen LogP contribution is 2.34. The largest absolute Gasteiger partial charge is 0.453 e. The van der Waals surface area contributed by atoms with Crippen LogP contribution < -0.4 is 5.73 Å². The van der Waals surface area contributed by atoms with Crippen LogP contribution in [-0.4, -0.2) is 49.4 Å². The van der Waals surface area contributed by atoms with E-state index in [1.54, 1.807) is 4.90 Å². The predicted octanol–water partition coefficient (Wildman–Crippen LogP) is 2.90. The summed E-state index contributed by atoms with van der Waals surface area (Å²) in [6.45, 7) is 1.17. The van der Waals surface area contributed by atoms with E-state index < -0.39 is 0 Å². The molecule has 2 aliphatic rings. The minimum absolute atomic E-state index is 0.0234. The lowest BCUT2D eigenvalue weighted by atomic mass is 9.83. The van der Waals surface area contributed by atoms with Gasteiger partial charge in [0.25, 0.3) is 0 Å². The maximum absolute atomic E-state index is 11.8. The summed E-state index contributed by atoms with van der Waals surface area (Å²) in [7, 11) is 1.41. The smallest absolute Gasteiger partial charge is 0.409 e. The van der Waals surface area contributed by atoms with Crippen molar-refractivity contribution < 1.29 is 14.3 Å². The fraction of sp³-hybridized carbons (Fsp3) is 0.632. The first-order chi connectivity index (χ1) is 11.7. The number of nitrogens with zero attached hydrogens (tertiary/aromatic N) is 1. The van der Waals surface area contributed by atoms with E-state index in [1.165, 1.54) is 12.7 Å². The van der Waals surface area contributed by atoms with Crippen LogP contribution in [0.15, 0.2) is 30.3 Å². The Hall–Kier alpha value is -1.59. The first kappa shape index (κ1) is 17.2. The first-order valence-electron chi connectivity index (χ1n) is 8.95. The lowest BCUT2D eigenvalue weighted by molar-refractivity contribution is -0.00461. The van der Waals surface area contributed by atoms with Crippen molar-refractivity contribution in [3.63, 3.8) is 0 Å². The minimum Gasteiger partial charge on any atom is -0.453 e. The highest BCUT2D eigenvalue weighted by molar-refractivity contribution is 5.68. The number of ether oxygens (including phenoxy) is 2. The van der Waals surface area contributed by atoms with Crippen molar-refractivity contribution in [2.75, 3.05) is 20.3 Å². The second kappa shape index (κ2) is 7.99. The summed E-state index contributed by atoms with van der Waals surface area (Å²) in [6.07, 6.45) is 5.24. The Morgan fingerprint density at radius 1 is 1.17 bits per heavy atom. The normalized spacial score (nSPS) is 30.3. The zero-order valence-electron chi connectivity index (χ0n) is 14.4. The molecule has 24 heavy (non-hydrogen) atoms. The Kier molecular flexibility index (Phi) is 5.74. The molecule has 1 aliphatic heterocycles. The molecule has 5 heteroatoms. The van der Waals surface area contributed by atoms with Gasteiger partial charge in [0.15, 0.2) is 0 Å². The van der Waals surface area contributed by atoms with E-state index in [0.717, 1.165) is 32.1 Å². The summed E-state index contributed by atoms with van der Waals surface area (Å²) >= 11 is 0. The molecule has 1 saturated carbocycles. The summed E-state index contributed by atoms with van der Waals surface area (Å²) in [5.74, 6) is 0.645. The molecule has 1 aromatic rings. The molecular formula is C19H28N2O3. The average molecular weight is 332 g/mol. The van der Waals surface area contributed by atoms with Gasteiger partial charge in [0.05, 0.1) is 25.9 Å². The van der Waals surface area contributed by atoms with Crippen LogP contribution in [0.5, 0.6) is 0 Å². The van der Waals surface area contributed by atoms with E-state index in [9.17, 15) is 4.79 Å². The SMILES string of the molecule is COC(=O)N1CC[C@H](N)[C@@H]1COC1CCC(c2ccccc2)CC1. The van der Waals surface area contributed by atoms with Crippen molar-refractivity contribution in [3.05, 3.63) is 35.9 Å². The standard InChI is InChI=1S/C19H28N2O3/c1-23-19(22)21-12-11-17(20)18(21)13-24-16-9-7-15(8-10-16)14-5-3-2-4-6-14/h2-6,15-18H,7-13,20H2,1H3/t15?,16?,17-,18-/m0/s1. The lowest BCUT2D eigenvalue weighted by Crippen LogP contribution is -2.46. The third-order valence-corrected chi connectivity index (χ3v) is 5.45. The van der Waals surface area contributed by atoms with Crippen LogP contribution in [0.3, 0.4) is 0 Å². The predicted molar refractivity (Wildman–Crippen MR) is 92.9 cm³/mol. The number of likely N-dealkylation sites (tertiary alicyclic amines) is 1. The highest BCUT2D eigenvalue weighted by Gasteiger charge is 2.36. The molecule has 0 spiro atoms. The molecule has 0 aromatic heterocycles. The molecule has 1 amide bonds. The number of carbonyl (C=O) groups excluding carboxylic acids is 1. The van der Waals surface area contributed by atoms with E-state index in [1.807, 2.05) is 0 Å². The van der Waals surface area contributed by atoms with Crippen molar-refractivity contribution in [2.24, 2.45) is 5.73 Å². The fourth-order valence-electron chi connectivity index (χ4n) is 3.96. The maximum Gasteiger partial charge on any atom is 0.409 e. The molecular weight excluding hydrogens is 304 g/mol. The summed E-state index contributed by atoms with van der Waals surface area (Å²) in [5, 5.41) is 0. The number of amides is 1. The van der Waals surface area contributed by atoms with Gasteiger partial charge in [-0.25, -0.2) is 4.79 Å². The van der Waals surface area contributed by atoms with E-state index in [0.29, 0.717) is 19.1 Å². The summed E-state index contributed by atoms with van der Waals surface area (Å²) in [6, 6.07) is 10.6. The quantitative estimate of drug-likeness (QED) is 0.921. The second-order valence-corrected chi connectivity index (χ2v) is 6.90. The Balaban J connectivity index is 1.47. The van der Waals surface area contributed by atoms with Gasteiger partial charge in [-0.2, -0.15) is 0 Å². The molecule has 0 bridgehead atoms. The zero-order valence-corrected chi connectivity index (χ0v) is 14.4. The molecule has 1 heterocycles. The van der Waals surface area contributed by atoms with Crippen molar-refractivity contribution in [1.82, 2.24) is 4.90 Å². The molecule has 2 fully saturated rings. The second-order valence-electron chi connectivity index (χ2n) is 6.90. The molecule has 1 aliphatic carbocycles. The molecule has 3 rings (SSSR count). The third kappa shape index (κ3) is 3.90. The van der Waals surface area contributed by atoms with E-state index in [-0.39, 0.29) is 24.3 Å². The number of nitrogens with two attached hydrogens (primary N) is 1. The van der Waals surface area contributed by atoms with Crippen LogP contribution in [0.4, 0.5) is 4.79 Å². The van der Waals surface area contributed by atoms with E-state index in [2.05, 4.69) is 30.3 Å². The van der Waals surface area contributed by atoms with Crippen molar-refractivity contribution >= 4 is 6.09 Å². The van der Waals surface area contributed by atoms with Gasteiger partial charge in [-0.1, -0.05) is 30.3 Å². The summed E-state index contributed by atoms with van der Waals surface area (Å²) in [5.41, 5.74) is 7.58. The minimum atomic E-state index is -0.302. The van der Waals surface area contributed by atoms with Crippen LogP contribution in [0.2, 0.25) is 0 Å². The number of benzene rings is 1. The Morgan fingerprint density at radius 2 is 1.88 bits per heavy atom. The average Bonchev–Trinajstić information content (AvgIpc) is 3.01. The first-order valence-corrected chi connectivity index (χ1v) is 8.95. The van der Waals surface area contributed by atoms with Gasteiger partial charge in [0.2, 0.25) is 0 Å². The molecule has 0 unspecified atom stereocenters. The Bertz CT molecular complexity index is 529. The Morgan fingerprint density at radius 3 is 2.54 bits per heavy atom. The number of hydrogen-bond acceptors (Lipinski definition) is 4. The van der Waals surface area contributed by atoms with E-state index >= 15 is 0 Å². The molecule has 1 aromatic carbocycles. The van der Waals surface area contributed by atoms with Crippen molar-refractivity contribution in [2.45, 2.75) is 56.2 Å². The summed E-state index contributed by atoms with van der Waals surface area (Å²) in [4.78, 5) is 13.5. The van der Waals surface area contributed by atoms with E-state index in [4.69, 9.17) is 15.2 Å². The number of rotatable bonds is 4. The van der Waals surface area contributed by atoms with Crippen LogP contribution in [0, 0.1) is 0 Å². The molecule has 132 valence electrons. The van der Waals surface area contributed by atoms with Gasteiger partial charge >= 0.3 is 6.09 Å². The van der Waals surface area contributed by atoms with Gasteiger partial charge in [0.1, 0.15) is 0 Å². The fourth-order valence-corrected chi connectivity index (χ4v) is 3.96. The van der Waals surface area contributed by atoms with Gasteiger partial charge in [0, 0.05) is 12.6 Å². The number of carbonyl (C=O) groups is 1. The maximum atomic E-state index is 11.8. The molecule has 2 N–H and O–H groups in total. The van der Waals surface area contributed by atoms with Crippen molar-refractivity contribution in [3.8, 4) is 0 Å². The monoisotopic (exact) mass is 332 g/mol. The van der Waals surface area contributed by atoms with Crippen LogP contribution in [-0.2, 0) is 9.47 Å². The summed E-state index contributed by atoms with van der Waals surface area (Å²) < 4.78 is 11.0. The number of methoxy groups -OCH3 is 1. The lowest BCUT2D eigenvalue weighted by Gasteiger charge is -2.31. The molecule has 1 saturated heterocycles. The zero-order chi connectivity index (χ0) is 16.9. The number of hydrogen-bond donors (Lipinski definition) is 1. The van der Waals surface area contributed by atoms with Gasteiger partial charge < -0.3 is 20.1 Å². The third-order valence-electron chi connectivity index (χ3n) is 5.45. The molecule has 2 atom stereocenters. The van der Waals surface area contributed by atoms with Gasteiger partial charge in [-0.15, -0.1) is 0 Å². The van der Waals surface area contributed by atoms with Crippen LogP contribution in [0.25, 0.3) is 0 Å². The van der Waals surface area contributed by atoms with Crippen molar-refractivity contribution in [1.29, 1.82) is 0 Å². The van der Waals surface area contributed by atoms with Gasteiger partial charge in [-0.3, -0.25) is 0 Å². The van der Waals surface area contributed by atoms with Crippen LogP contribution in [0.1, 0.15) is 43.6 Å².